The van der Waals surface area contributed by atoms with E-state index < -0.39 is 5.92 Å². The molecule has 0 bridgehead atoms. The fourth-order valence-electron chi connectivity index (χ4n) is 3.39. The van der Waals surface area contributed by atoms with Crippen molar-refractivity contribution in [3.05, 3.63) is 30.1 Å². The number of nitrogens with two attached hydrogens (primary N) is 1. The average Bonchev–Trinajstić information content (AvgIpc) is 2.97. The third kappa shape index (κ3) is 3.25. The first kappa shape index (κ1) is 16.4. The second-order valence-electron chi connectivity index (χ2n) is 6.38. The second-order valence-corrected chi connectivity index (χ2v) is 6.38. The number of likely N-dealkylation sites (tertiary alicyclic amines) is 1. The highest BCUT2D eigenvalue weighted by Gasteiger charge is 2.38. The zero-order valence-electron chi connectivity index (χ0n) is 13.3. The summed E-state index contributed by atoms with van der Waals surface area (Å²) in [5.41, 5.74) is 5.90. The number of primary amides is 1. The van der Waals surface area contributed by atoms with Gasteiger partial charge in [0.25, 0.3) is 0 Å². The van der Waals surface area contributed by atoms with E-state index in [2.05, 4.69) is 0 Å². The molecule has 0 aliphatic carbocycles. The molecule has 0 aromatic heterocycles. The third-order valence-corrected chi connectivity index (χ3v) is 4.82. The number of benzene rings is 1. The van der Waals surface area contributed by atoms with Crippen LogP contribution in [0.3, 0.4) is 0 Å². The number of carbonyl (C=O) groups excluding carboxylic acids is 3. The zero-order valence-corrected chi connectivity index (χ0v) is 13.3. The highest BCUT2D eigenvalue weighted by atomic mass is 19.1. The minimum absolute atomic E-state index is 0.0594. The smallest absolute Gasteiger partial charge is 0.228 e. The van der Waals surface area contributed by atoms with Crippen LogP contribution in [0.2, 0.25) is 0 Å². The number of hydrogen-bond acceptors (Lipinski definition) is 3. The van der Waals surface area contributed by atoms with Gasteiger partial charge in [-0.1, -0.05) is 0 Å². The number of nitrogens with zero attached hydrogens (tertiary/aromatic N) is 2. The van der Waals surface area contributed by atoms with Crippen LogP contribution < -0.4 is 10.6 Å². The number of rotatable bonds is 3. The van der Waals surface area contributed by atoms with Gasteiger partial charge in [0.1, 0.15) is 5.82 Å². The van der Waals surface area contributed by atoms with E-state index in [9.17, 15) is 18.8 Å². The molecule has 2 fully saturated rings. The lowest BCUT2D eigenvalue weighted by Gasteiger charge is -2.32. The Hall–Kier alpha value is -2.44. The van der Waals surface area contributed by atoms with Crippen LogP contribution in [0.25, 0.3) is 0 Å². The summed E-state index contributed by atoms with van der Waals surface area (Å²) in [5.74, 6) is -1.44. The molecule has 2 aliphatic rings. The van der Waals surface area contributed by atoms with E-state index in [1.807, 2.05) is 0 Å². The van der Waals surface area contributed by atoms with E-state index in [4.69, 9.17) is 5.73 Å². The molecule has 1 aromatic carbocycles. The van der Waals surface area contributed by atoms with E-state index in [1.165, 1.54) is 17.0 Å². The van der Waals surface area contributed by atoms with Crippen molar-refractivity contribution < 1.29 is 18.8 Å². The summed E-state index contributed by atoms with van der Waals surface area (Å²) in [4.78, 5) is 39.3. The Morgan fingerprint density at radius 3 is 2.29 bits per heavy atom. The van der Waals surface area contributed by atoms with Crippen molar-refractivity contribution in [1.82, 2.24) is 4.90 Å². The van der Waals surface area contributed by atoms with E-state index >= 15 is 0 Å². The second kappa shape index (κ2) is 6.59. The van der Waals surface area contributed by atoms with Gasteiger partial charge in [0, 0.05) is 37.7 Å². The Morgan fingerprint density at radius 1 is 1.08 bits per heavy atom. The molecule has 0 saturated carbocycles. The summed E-state index contributed by atoms with van der Waals surface area (Å²) in [6.07, 6.45) is 1.30. The monoisotopic (exact) mass is 333 g/mol. The van der Waals surface area contributed by atoms with Crippen LogP contribution in [-0.2, 0) is 14.4 Å². The molecule has 2 N–H and O–H groups in total. The maximum atomic E-state index is 13.0. The van der Waals surface area contributed by atoms with Gasteiger partial charge in [-0.3, -0.25) is 14.4 Å². The van der Waals surface area contributed by atoms with Crippen LogP contribution >= 0.6 is 0 Å². The molecule has 6 nitrogen and oxygen atoms in total. The van der Waals surface area contributed by atoms with Gasteiger partial charge in [-0.15, -0.1) is 0 Å². The molecule has 3 rings (SSSR count). The van der Waals surface area contributed by atoms with Crippen molar-refractivity contribution in [1.29, 1.82) is 0 Å². The lowest BCUT2D eigenvalue weighted by Crippen LogP contribution is -2.44. The van der Waals surface area contributed by atoms with Gasteiger partial charge in [0.15, 0.2) is 0 Å². The van der Waals surface area contributed by atoms with Gasteiger partial charge in [-0.2, -0.15) is 0 Å². The normalized spacial score (nSPS) is 22.0. The quantitative estimate of drug-likeness (QED) is 0.892. The summed E-state index contributed by atoms with van der Waals surface area (Å²) in [7, 11) is 0. The van der Waals surface area contributed by atoms with Crippen LogP contribution in [0.15, 0.2) is 24.3 Å². The average molecular weight is 333 g/mol. The summed E-state index contributed by atoms with van der Waals surface area (Å²) in [6, 6.07) is 5.68. The first-order chi connectivity index (χ1) is 11.5. The molecule has 1 atom stereocenters. The van der Waals surface area contributed by atoms with Crippen LogP contribution in [0.1, 0.15) is 19.3 Å². The van der Waals surface area contributed by atoms with Crippen molar-refractivity contribution in [3.8, 4) is 0 Å². The Labute approximate surface area is 139 Å². The van der Waals surface area contributed by atoms with Crippen molar-refractivity contribution in [3.63, 3.8) is 0 Å². The fraction of sp³-hybridized carbons (Fsp3) is 0.471. The molecule has 0 radical (unpaired) electrons. The molecule has 0 spiro atoms. The molecule has 128 valence electrons. The molecule has 3 amide bonds. The number of halogens is 1. The van der Waals surface area contributed by atoms with Crippen molar-refractivity contribution in [2.45, 2.75) is 19.3 Å². The number of carbonyl (C=O) groups is 3. The molecule has 2 heterocycles. The summed E-state index contributed by atoms with van der Waals surface area (Å²) >= 11 is 0. The van der Waals surface area contributed by atoms with Crippen molar-refractivity contribution in [2.24, 2.45) is 17.6 Å². The minimum atomic E-state index is -0.396. The molecule has 2 saturated heterocycles. The van der Waals surface area contributed by atoms with Gasteiger partial charge in [0.2, 0.25) is 17.7 Å². The molecular formula is C17H20FN3O3. The topological polar surface area (TPSA) is 83.7 Å². The highest BCUT2D eigenvalue weighted by Crippen LogP contribution is 2.28. The molecule has 7 heteroatoms. The van der Waals surface area contributed by atoms with Crippen LogP contribution in [0, 0.1) is 17.7 Å². The van der Waals surface area contributed by atoms with Gasteiger partial charge in [-0.05, 0) is 37.1 Å². The van der Waals surface area contributed by atoms with E-state index in [0.717, 1.165) is 0 Å². The Kier molecular flexibility index (Phi) is 4.51. The van der Waals surface area contributed by atoms with Crippen LogP contribution in [0.4, 0.5) is 10.1 Å². The van der Waals surface area contributed by atoms with Gasteiger partial charge >= 0.3 is 0 Å². The Morgan fingerprint density at radius 2 is 1.71 bits per heavy atom. The van der Waals surface area contributed by atoms with E-state index in [-0.39, 0.29) is 35.9 Å². The van der Waals surface area contributed by atoms with Crippen LogP contribution in [-0.4, -0.2) is 42.3 Å². The third-order valence-electron chi connectivity index (χ3n) is 4.82. The largest absolute Gasteiger partial charge is 0.369 e. The predicted octanol–water partition coefficient (Wildman–Crippen LogP) is 0.902. The fourth-order valence-corrected chi connectivity index (χ4v) is 3.39. The molecule has 0 unspecified atom stereocenters. The number of amides is 3. The SMILES string of the molecule is NC(=O)C1CCN(C(=O)[C@H]2CC(=O)N(c3ccc(F)cc3)C2)CC1. The Balaban J connectivity index is 1.62. The van der Waals surface area contributed by atoms with Gasteiger partial charge < -0.3 is 15.5 Å². The van der Waals surface area contributed by atoms with Crippen molar-refractivity contribution in [2.75, 3.05) is 24.5 Å². The number of piperidine rings is 1. The summed E-state index contributed by atoms with van der Waals surface area (Å²) < 4.78 is 13.0. The first-order valence-electron chi connectivity index (χ1n) is 8.09. The molecule has 1 aromatic rings. The standard InChI is InChI=1S/C17H20FN3O3/c18-13-1-3-14(4-2-13)21-10-12(9-15(21)22)17(24)20-7-5-11(6-8-20)16(19)23/h1-4,11-12H,5-10H2,(H2,19,23)/t12-/m0/s1. The molecular weight excluding hydrogens is 313 g/mol. The number of hydrogen-bond donors (Lipinski definition) is 1. The molecule has 24 heavy (non-hydrogen) atoms. The summed E-state index contributed by atoms with van der Waals surface area (Å²) in [6.45, 7) is 1.29. The predicted molar refractivity (Wildman–Crippen MR) is 85.4 cm³/mol. The van der Waals surface area contributed by atoms with Gasteiger partial charge in [0.05, 0.1) is 5.92 Å². The minimum Gasteiger partial charge on any atom is -0.369 e. The van der Waals surface area contributed by atoms with Crippen molar-refractivity contribution >= 4 is 23.4 Å². The zero-order chi connectivity index (χ0) is 17.3. The maximum Gasteiger partial charge on any atom is 0.228 e. The summed E-state index contributed by atoms with van der Waals surface area (Å²) in [5, 5.41) is 0. The number of anilines is 1. The first-order valence-corrected chi connectivity index (χ1v) is 8.09. The highest BCUT2D eigenvalue weighted by molar-refractivity contribution is 6.00. The Bertz CT molecular complexity index is 654. The lowest BCUT2D eigenvalue weighted by molar-refractivity contribution is -0.138. The van der Waals surface area contributed by atoms with E-state index in [1.54, 1.807) is 17.0 Å². The van der Waals surface area contributed by atoms with Gasteiger partial charge in [-0.25, -0.2) is 4.39 Å². The lowest BCUT2D eigenvalue weighted by atomic mass is 9.95. The maximum absolute atomic E-state index is 13.0. The van der Waals surface area contributed by atoms with Crippen LogP contribution in [0.5, 0.6) is 0 Å². The molecule has 2 aliphatic heterocycles. The van der Waals surface area contributed by atoms with E-state index in [0.29, 0.717) is 38.2 Å².